The van der Waals surface area contributed by atoms with Gasteiger partial charge in [-0.1, -0.05) is 12.1 Å². The molecule has 24 heavy (non-hydrogen) atoms. The highest BCUT2D eigenvalue weighted by atomic mass is 35.5. The third kappa shape index (κ3) is 5.15. The molecule has 0 saturated carbocycles. The molecule has 0 aliphatic carbocycles. The van der Waals surface area contributed by atoms with Crippen molar-refractivity contribution in [2.45, 2.75) is 12.6 Å². The van der Waals surface area contributed by atoms with Crippen molar-refractivity contribution >= 4 is 28.3 Å². The smallest absolute Gasteiger partial charge is 0.251 e. The fourth-order valence-corrected chi connectivity index (χ4v) is 3.60. The van der Waals surface area contributed by atoms with Crippen LogP contribution in [-0.2, 0) is 21.3 Å². The number of ether oxygens (including phenoxy) is 1. The minimum absolute atomic E-state index is 0. The molecule has 1 heterocycles. The van der Waals surface area contributed by atoms with Crippen molar-refractivity contribution in [3.8, 4) is 0 Å². The van der Waals surface area contributed by atoms with E-state index in [0.29, 0.717) is 25.3 Å². The number of nitrogens with zero attached hydrogens (tertiary/aromatic N) is 1. The third-order valence-corrected chi connectivity index (χ3v) is 5.88. The van der Waals surface area contributed by atoms with Crippen molar-refractivity contribution in [2.75, 3.05) is 33.1 Å². The maximum atomic E-state index is 12.3. The number of halogens is 1. The van der Waals surface area contributed by atoms with Gasteiger partial charge in [-0.25, -0.2) is 12.7 Å². The third-order valence-electron chi connectivity index (χ3n) is 3.92. The molecule has 1 fully saturated rings. The first-order valence-corrected chi connectivity index (χ1v) is 9.02. The molecule has 136 valence electrons. The fraction of sp³-hybridized carbons (Fsp3) is 0.533. The van der Waals surface area contributed by atoms with E-state index in [0.717, 1.165) is 5.56 Å². The number of hydrogen-bond donors (Lipinski definition) is 2. The van der Waals surface area contributed by atoms with E-state index in [1.807, 2.05) is 6.07 Å². The highest BCUT2D eigenvalue weighted by Gasteiger charge is 2.34. The Bertz CT molecular complexity index is 666. The molecule has 1 aliphatic rings. The van der Waals surface area contributed by atoms with Gasteiger partial charge in [-0.2, -0.15) is 0 Å². The van der Waals surface area contributed by atoms with Gasteiger partial charge < -0.3 is 15.8 Å². The lowest BCUT2D eigenvalue weighted by atomic mass is 10.0. The molecule has 2 atom stereocenters. The number of nitrogens with one attached hydrogen (secondary N) is 1. The molecule has 1 amide bonds. The lowest BCUT2D eigenvalue weighted by molar-refractivity contribution is 0.0926. The zero-order valence-electron chi connectivity index (χ0n) is 13.8. The summed E-state index contributed by atoms with van der Waals surface area (Å²) in [7, 11) is -0.346. The summed E-state index contributed by atoms with van der Waals surface area (Å²) in [6, 6.07) is 6.74. The minimum atomic E-state index is -3.34. The number of amides is 1. The number of benzene rings is 1. The van der Waals surface area contributed by atoms with E-state index >= 15 is 0 Å². The van der Waals surface area contributed by atoms with Gasteiger partial charge in [-0.15, -0.1) is 12.4 Å². The summed E-state index contributed by atoms with van der Waals surface area (Å²) in [5.74, 6) is -0.555. The predicted molar refractivity (Wildman–Crippen MR) is 94.6 cm³/mol. The van der Waals surface area contributed by atoms with Crippen LogP contribution in [0.3, 0.4) is 0 Å². The molecule has 1 aliphatic heterocycles. The highest BCUT2D eigenvalue weighted by Crippen LogP contribution is 2.18. The molecule has 9 heteroatoms. The second kappa shape index (κ2) is 8.77. The Hall–Kier alpha value is -1.19. The first-order chi connectivity index (χ1) is 10.8. The van der Waals surface area contributed by atoms with Crippen LogP contribution < -0.4 is 11.1 Å². The molecule has 0 unspecified atom stereocenters. The first kappa shape index (κ1) is 20.9. The van der Waals surface area contributed by atoms with Gasteiger partial charge in [-0.3, -0.25) is 4.79 Å². The Kier molecular flexibility index (Phi) is 7.62. The SMILES string of the molecule is CN(C)S(=O)(=O)C[C@@H]1COC[C@@H]1NC(=O)c1cccc(CN)c1.Cl. The molecule has 0 bridgehead atoms. The molecule has 1 aromatic rings. The van der Waals surface area contributed by atoms with Crippen LogP contribution in [0.5, 0.6) is 0 Å². The van der Waals surface area contributed by atoms with E-state index < -0.39 is 10.0 Å². The Balaban J connectivity index is 0.00000288. The van der Waals surface area contributed by atoms with Crippen molar-refractivity contribution in [1.82, 2.24) is 9.62 Å². The van der Waals surface area contributed by atoms with Crippen LogP contribution in [0.2, 0.25) is 0 Å². The molecule has 7 nitrogen and oxygen atoms in total. The van der Waals surface area contributed by atoms with Crippen molar-refractivity contribution < 1.29 is 17.9 Å². The summed E-state index contributed by atoms with van der Waals surface area (Å²) >= 11 is 0. The molecule has 0 radical (unpaired) electrons. The van der Waals surface area contributed by atoms with Crippen LogP contribution in [0.25, 0.3) is 0 Å². The second-order valence-corrected chi connectivity index (χ2v) is 8.07. The lowest BCUT2D eigenvalue weighted by Gasteiger charge is -2.21. The Morgan fingerprint density at radius 1 is 1.38 bits per heavy atom. The van der Waals surface area contributed by atoms with Crippen LogP contribution in [0.1, 0.15) is 15.9 Å². The van der Waals surface area contributed by atoms with Gasteiger partial charge in [0.2, 0.25) is 10.0 Å². The average molecular weight is 378 g/mol. The standard InChI is InChI=1S/C15H23N3O4S.ClH/c1-18(2)23(20,21)10-13-8-22-9-14(13)17-15(19)12-5-3-4-11(6-12)7-16;/h3-6,13-14H,7-10,16H2,1-2H3,(H,17,19);1H/t13-,14-;/m0./s1. The zero-order valence-corrected chi connectivity index (χ0v) is 15.4. The zero-order chi connectivity index (χ0) is 17.0. The Morgan fingerprint density at radius 2 is 2.08 bits per heavy atom. The maximum Gasteiger partial charge on any atom is 0.251 e. The largest absolute Gasteiger partial charge is 0.379 e. The summed E-state index contributed by atoms with van der Waals surface area (Å²) in [5, 5.41) is 2.87. The van der Waals surface area contributed by atoms with Gasteiger partial charge in [0.15, 0.2) is 0 Å². The number of nitrogens with two attached hydrogens (primary N) is 1. The summed E-state index contributed by atoms with van der Waals surface area (Å²) in [5.41, 5.74) is 6.96. The highest BCUT2D eigenvalue weighted by molar-refractivity contribution is 7.89. The van der Waals surface area contributed by atoms with E-state index in [4.69, 9.17) is 10.5 Å². The summed E-state index contributed by atoms with van der Waals surface area (Å²) in [4.78, 5) is 12.3. The van der Waals surface area contributed by atoms with E-state index in [9.17, 15) is 13.2 Å². The fourth-order valence-electron chi connectivity index (χ4n) is 2.43. The van der Waals surface area contributed by atoms with E-state index in [1.54, 1.807) is 18.2 Å². The van der Waals surface area contributed by atoms with E-state index in [2.05, 4.69) is 5.32 Å². The van der Waals surface area contributed by atoms with Gasteiger partial charge >= 0.3 is 0 Å². The molecule has 1 aromatic carbocycles. The number of hydrogen-bond acceptors (Lipinski definition) is 5. The molecular formula is C15H24ClN3O4S. The monoisotopic (exact) mass is 377 g/mol. The van der Waals surface area contributed by atoms with Crippen LogP contribution >= 0.6 is 12.4 Å². The summed E-state index contributed by atoms with van der Waals surface area (Å²) in [6.07, 6.45) is 0. The van der Waals surface area contributed by atoms with Gasteiger partial charge in [0.25, 0.3) is 5.91 Å². The van der Waals surface area contributed by atoms with Gasteiger partial charge in [-0.05, 0) is 17.7 Å². The first-order valence-electron chi connectivity index (χ1n) is 7.41. The van der Waals surface area contributed by atoms with Gasteiger partial charge in [0, 0.05) is 32.1 Å². The topological polar surface area (TPSA) is 102 Å². The van der Waals surface area contributed by atoms with Gasteiger partial charge in [0.05, 0.1) is 25.0 Å². The molecule has 0 spiro atoms. The minimum Gasteiger partial charge on any atom is -0.379 e. The lowest BCUT2D eigenvalue weighted by Crippen LogP contribution is -2.43. The van der Waals surface area contributed by atoms with Crippen molar-refractivity contribution in [3.05, 3.63) is 35.4 Å². The van der Waals surface area contributed by atoms with Gasteiger partial charge in [0.1, 0.15) is 0 Å². The molecule has 2 rings (SSSR count). The van der Waals surface area contributed by atoms with Crippen molar-refractivity contribution in [2.24, 2.45) is 11.7 Å². The normalized spacial score (nSPS) is 20.7. The molecule has 1 saturated heterocycles. The number of carbonyl (C=O) groups is 1. The number of rotatable bonds is 6. The van der Waals surface area contributed by atoms with Crippen molar-refractivity contribution in [3.63, 3.8) is 0 Å². The van der Waals surface area contributed by atoms with Crippen LogP contribution in [0.4, 0.5) is 0 Å². The summed E-state index contributed by atoms with van der Waals surface area (Å²) < 4.78 is 30.6. The van der Waals surface area contributed by atoms with E-state index in [1.165, 1.54) is 18.4 Å². The molecule has 0 aromatic heterocycles. The molecule has 3 N–H and O–H groups in total. The summed E-state index contributed by atoms with van der Waals surface area (Å²) in [6.45, 7) is 0.994. The predicted octanol–water partition coefficient (Wildman–Crippen LogP) is 0.203. The second-order valence-electron chi connectivity index (χ2n) is 5.84. The van der Waals surface area contributed by atoms with Crippen LogP contribution in [0, 0.1) is 5.92 Å². The Morgan fingerprint density at radius 3 is 2.71 bits per heavy atom. The van der Waals surface area contributed by atoms with Crippen LogP contribution in [-0.4, -0.2) is 57.7 Å². The maximum absolute atomic E-state index is 12.3. The van der Waals surface area contributed by atoms with Crippen molar-refractivity contribution in [1.29, 1.82) is 0 Å². The van der Waals surface area contributed by atoms with Crippen LogP contribution in [0.15, 0.2) is 24.3 Å². The number of sulfonamides is 1. The Labute approximate surface area is 149 Å². The average Bonchev–Trinajstić information content (AvgIpc) is 2.93. The molecular weight excluding hydrogens is 354 g/mol. The number of carbonyl (C=O) groups excluding carboxylic acids is 1. The quantitative estimate of drug-likeness (QED) is 0.737. The van der Waals surface area contributed by atoms with E-state index in [-0.39, 0.29) is 36.0 Å².